The van der Waals surface area contributed by atoms with Gasteiger partial charge in [-0.2, -0.15) is 0 Å². The molecule has 0 saturated heterocycles. The predicted octanol–water partition coefficient (Wildman–Crippen LogP) is 3.56. The number of benzene rings is 2. The number of carbonyl (C=O) groups excluding carboxylic acids is 1. The third-order valence-electron chi connectivity index (χ3n) is 2.86. The summed E-state index contributed by atoms with van der Waals surface area (Å²) in [6.45, 7) is 1.98. The molecule has 0 heterocycles. The number of hydrogen-bond acceptors (Lipinski definition) is 2. The van der Waals surface area contributed by atoms with Crippen LogP contribution in [0.15, 0.2) is 48.5 Å². The van der Waals surface area contributed by atoms with Crippen LogP contribution in [0.5, 0.6) is 5.75 Å². The molecule has 0 radical (unpaired) electrons. The van der Waals surface area contributed by atoms with Crippen LogP contribution in [0.25, 0.3) is 0 Å². The van der Waals surface area contributed by atoms with Gasteiger partial charge in [0.1, 0.15) is 11.6 Å². The summed E-state index contributed by atoms with van der Waals surface area (Å²) in [5.74, 6) is -0.0195. The average molecular weight is 308 g/mol. The molecule has 0 bridgehead atoms. The SMILES string of the molecule is C[C@@H](Oc1cccc(Cl)c1)C(=O)NCc1ccc(F)cc1. The monoisotopic (exact) mass is 307 g/mol. The Morgan fingerprint density at radius 3 is 2.67 bits per heavy atom. The molecule has 2 aromatic rings. The summed E-state index contributed by atoms with van der Waals surface area (Å²) in [6, 6.07) is 12.8. The molecule has 1 N–H and O–H groups in total. The van der Waals surface area contributed by atoms with Crippen molar-refractivity contribution in [1.29, 1.82) is 0 Å². The molecule has 0 saturated carbocycles. The lowest BCUT2D eigenvalue weighted by atomic mass is 10.2. The largest absolute Gasteiger partial charge is 0.481 e. The Kier molecular flexibility index (Phi) is 5.17. The lowest BCUT2D eigenvalue weighted by Crippen LogP contribution is -2.35. The molecule has 0 aliphatic carbocycles. The topological polar surface area (TPSA) is 38.3 Å². The number of carbonyl (C=O) groups is 1. The third kappa shape index (κ3) is 4.76. The van der Waals surface area contributed by atoms with E-state index in [0.29, 0.717) is 17.3 Å². The van der Waals surface area contributed by atoms with Crippen molar-refractivity contribution in [1.82, 2.24) is 5.32 Å². The van der Waals surface area contributed by atoms with Crippen LogP contribution in [0.4, 0.5) is 4.39 Å². The minimum Gasteiger partial charge on any atom is -0.481 e. The molecule has 0 aliphatic heterocycles. The van der Waals surface area contributed by atoms with Gasteiger partial charge in [-0.25, -0.2) is 4.39 Å². The Hall–Kier alpha value is -2.07. The van der Waals surface area contributed by atoms with E-state index >= 15 is 0 Å². The molecule has 2 aromatic carbocycles. The Bertz CT molecular complexity index is 616. The standard InChI is InChI=1S/C16H15ClFNO2/c1-11(21-15-4-2-3-13(17)9-15)16(20)19-10-12-5-7-14(18)8-6-12/h2-9,11H,10H2,1H3,(H,19,20)/t11-/m1/s1. The van der Waals surface area contributed by atoms with Gasteiger partial charge in [0.15, 0.2) is 6.10 Å². The van der Waals surface area contributed by atoms with E-state index in [9.17, 15) is 9.18 Å². The van der Waals surface area contributed by atoms with Crippen LogP contribution < -0.4 is 10.1 Å². The number of amides is 1. The van der Waals surface area contributed by atoms with Gasteiger partial charge in [0.2, 0.25) is 0 Å². The summed E-state index contributed by atoms with van der Waals surface area (Å²) in [7, 11) is 0. The lowest BCUT2D eigenvalue weighted by Gasteiger charge is -2.15. The summed E-state index contributed by atoms with van der Waals surface area (Å²) < 4.78 is 18.3. The maximum Gasteiger partial charge on any atom is 0.261 e. The number of hydrogen-bond donors (Lipinski definition) is 1. The van der Waals surface area contributed by atoms with E-state index in [1.165, 1.54) is 12.1 Å². The molecule has 21 heavy (non-hydrogen) atoms. The first-order valence-corrected chi connectivity index (χ1v) is 6.87. The molecule has 0 aromatic heterocycles. The first-order valence-electron chi connectivity index (χ1n) is 6.49. The summed E-state index contributed by atoms with van der Waals surface area (Å²) in [5.41, 5.74) is 0.819. The van der Waals surface area contributed by atoms with E-state index in [0.717, 1.165) is 5.56 Å². The first-order chi connectivity index (χ1) is 10.0. The number of nitrogens with one attached hydrogen (secondary N) is 1. The Labute approximate surface area is 127 Å². The highest BCUT2D eigenvalue weighted by molar-refractivity contribution is 6.30. The van der Waals surface area contributed by atoms with Gasteiger partial charge in [0.05, 0.1) is 0 Å². The first kappa shape index (κ1) is 15.3. The number of ether oxygens (including phenoxy) is 1. The molecule has 110 valence electrons. The zero-order valence-electron chi connectivity index (χ0n) is 11.5. The van der Waals surface area contributed by atoms with Gasteiger partial charge in [-0.3, -0.25) is 4.79 Å². The Morgan fingerprint density at radius 2 is 2.00 bits per heavy atom. The van der Waals surface area contributed by atoms with Gasteiger partial charge in [-0.15, -0.1) is 0 Å². The fourth-order valence-electron chi connectivity index (χ4n) is 1.73. The number of rotatable bonds is 5. The Morgan fingerprint density at radius 1 is 1.29 bits per heavy atom. The highest BCUT2D eigenvalue weighted by atomic mass is 35.5. The highest BCUT2D eigenvalue weighted by Crippen LogP contribution is 2.18. The van der Waals surface area contributed by atoms with Gasteiger partial charge >= 0.3 is 0 Å². The minimum atomic E-state index is -0.649. The van der Waals surface area contributed by atoms with E-state index in [4.69, 9.17) is 16.3 Å². The maximum absolute atomic E-state index is 12.8. The molecule has 2 rings (SSSR count). The van der Waals surface area contributed by atoms with E-state index < -0.39 is 6.10 Å². The molecule has 3 nitrogen and oxygen atoms in total. The summed E-state index contributed by atoms with van der Waals surface area (Å²) >= 11 is 5.85. The van der Waals surface area contributed by atoms with Crippen molar-refractivity contribution < 1.29 is 13.9 Å². The fraction of sp³-hybridized carbons (Fsp3) is 0.188. The summed E-state index contributed by atoms with van der Waals surface area (Å²) in [6.07, 6.45) is -0.649. The van der Waals surface area contributed by atoms with Gasteiger partial charge in [0.25, 0.3) is 5.91 Å². The van der Waals surface area contributed by atoms with Crippen LogP contribution in [0.2, 0.25) is 5.02 Å². The highest BCUT2D eigenvalue weighted by Gasteiger charge is 2.14. The molecule has 0 unspecified atom stereocenters. The predicted molar refractivity (Wildman–Crippen MR) is 79.8 cm³/mol. The molecule has 0 aliphatic rings. The van der Waals surface area contributed by atoms with Gasteiger partial charge in [-0.1, -0.05) is 29.8 Å². The van der Waals surface area contributed by atoms with Gasteiger partial charge in [-0.05, 0) is 42.8 Å². The molecular weight excluding hydrogens is 293 g/mol. The second kappa shape index (κ2) is 7.09. The van der Waals surface area contributed by atoms with Crippen LogP contribution in [-0.2, 0) is 11.3 Å². The van der Waals surface area contributed by atoms with Crippen molar-refractivity contribution in [3.63, 3.8) is 0 Å². The van der Waals surface area contributed by atoms with Crippen molar-refractivity contribution in [2.45, 2.75) is 19.6 Å². The second-order valence-electron chi connectivity index (χ2n) is 4.56. The summed E-state index contributed by atoms with van der Waals surface area (Å²) in [4.78, 5) is 11.9. The lowest BCUT2D eigenvalue weighted by molar-refractivity contribution is -0.127. The Balaban J connectivity index is 1.86. The molecule has 0 fully saturated rings. The smallest absolute Gasteiger partial charge is 0.261 e. The average Bonchev–Trinajstić information content (AvgIpc) is 2.46. The second-order valence-corrected chi connectivity index (χ2v) is 5.00. The van der Waals surface area contributed by atoms with Crippen molar-refractivity contribution in [2.24, 2.45) is 0 Å². The van der Waals surface area contributed by atoms with Gasteiger partial charge < -0.3 is 10.1 Å². The molecular formula is C16H15ClFNO2. The van der Waals surface area contributed by atoms with E-state index in [2.05, 4.69) is 5.32 Å². The van der Waals surface area contributed by atoms with E-state index in [1.54, 1.807) is 43.3 Å². The normalized spacial score (nSPS) is 11.8. The van der Waals surface area contributed by atoms with Crippen molar-refractivity contribution in [2.75, 3.05) is 0 Å². The third-order valence-corrected chi connectivity index (χ3v) is 3.09. The summed E-state index contributed by atoms with van der Waals surface area (Å²) in [5, 5.41) is 3.28. The van der Waals surface area contributed by atoms with Crippen LogP contribution in [0.3, 0.4) is 0 Å². The molecule has 1 amide bonds. The van der Waals surface area contributed by atoms with E-state index in [-0.39, 0.29) is 11.7 Å². The maximum atomic E-state index is 12.8. The molecule has 0 spiro atoms. The van der Waals surface area contributed by atoms with Crippen LogP contribution in [0.1, 0.15) is 12.5 Å². The quantitative estimate of drug-likeness (QED) is 0.917. The molecule has 1 atom stereocenters. The van der Waals surface area contributed by atoms with Crippen LogP contribution in [0, 0.1) is 5.82 Å². The van der Waals surface area contributed by atoms with Crippen molar-refractivity contribution >= 4 is 17.5 Å². The van der Waals surface area contributed by atoms with Crippen molar-refractivity contribution in [3.8, 4) is 5.75 Å². The number of halogens is 2. The van der Waals surface area contributed by atoms with Crippen molar-refractivity contribution in [3.05, 3.63) is 64.9 Å². The fourth-order valence-corrected chi connectivity index (χ4v) is 1.91. The molecule has 5 heteroatoms. The van der Waals surface area contributed by atoms with E-state index in [1.807, 2.05) is 0 Å². The van der Waals surface area contributed by atoms with Crippen LogP contribution in [-0.4, -0.2) is 12.0 Å². The zero-order valence-corrected chi connectivity index (χ0v) is 12.2. The zero-order chi connectivity index (χ0) is 15.2. The van der Waals surface area contributed by atoms with Crippen LogP contribution >= 0.6 is 11.6 Å². The minimum absolute atomic E-state index is 0.251. The van der Waals surface area contributed by atoms with Gasteiger partial charge in [0, 0.05) is 11.6 Å².